The van der Waals surface area contributed by atoms with Crippen molar-refractivity contribution in [2.75, 3.05) is 13.2 Å². The van der Waals surface area contributed by atoms with E-state index < -0.39 is 10.0 Å². The van der Waals surface area contributed by atoms with Gasteiger partial charge in [-0.3, -0.25) is 0 Å². The first-order chi connectivity index (χ1) is 7.38. The van der Waals surface area contributed by atoms with E-state index in [2.05, 4.69) is 0 Å². The van der Waals surface area contributed by atoms with Gasteiger partial charge < -0.3 is 10.5 Å². The third-order valence-electron chi connectivity index (χ3n) is 1.93. The Hall–Kier alpha value is -0.850. The molecule has 0 fully saturated rings. The summed E-state index contributed by atoms with van der Waals surface area (Å²) >= 11 is 0. The van der Waals surface area contributed by atoms with E-state index in [1.807, 2.05) is 0 Å². The molecule has 0 spiro atoms. The maximum atomic E-state index is 10.9. The van der Waals surface area contributed by atoms with Crippen LogP contribution >= 0.6 is 0 Å². The second-order valence-corrected chi connectivity index (χ2v) is 5.18. The molecular formula is C10H20N2O3S. The van der Waals surface area contributed by atoms with E-state index in [-0.39, 0.29) is 4.91 Å². The molecule has 0 aliphatic carbocycles. The standard InChI is InChI=1S/C10H20N2O3S/c1-9(15-8-4-3-7-11)5-6-10(2)16(12,13)14/h5-6H,3-4,7-8,11H2,1-2H3,(H2,12,13,14). The number of unbranched alkanes of at least 4 members (excludes halogenated alkanes) is 1. The smallest absolute Gasteiger partial charge is 0.233 e. The van der Waals surface area contributed by atoms with E-state index in [4.69, 9.17) is 15.6 Å². The third kappa shape index (κ3) is 7.44. The van der Waals surface area contributed by atoms with Crippen molar-refractivity contribution in [1.29, 1.82) is 0 Å². The Labute approximate surface area is 97.2 Å². The monoisotopic (exact) mass is 248 g/mol. The van der Waals surface area contributed by atoms with Crippen LogP contribution in [0.3, 0.4) is 0 Å². The van der Waals surface area contributed by atoms with Crippen molar-refractivity contribution in [3.8, 4) is 0 Å². The number of hydrogen-bond acceptors (Lipinski definition) is 4. The maximum absolute atomic E-state index is 10.9. The SMILES string of the molecule is CC(=CC=C(C)S(N)(=O)=O)OCCCCN. The van der Waals surface area contributed by atoms with Gasteiger partial charge in [0.15, 0.2) is 0 Å². The van der Waals surface area contributed by atoms with E-state index in [1.54, 1.807) is 13.0 Å². The molecule has 0 atom stereocenters. The highest BCUT2D eigenvalue weighted by molar-refractivity contribution is 7.93. The average molecular weight is 248 g/mol. The summed E-state index contributed by atoms with van der Waals surface area (Å²) in [4.78, 5) is 0.109. The van der Waals surface area contributed by atoms with E-state index >= 15 is 0 Å². The average Bonchev–Trinajstić information content (AvgIpc) is 2.19. The summed E-state index contributed by atoms with van der Waals surface area (Å²) in [6.07, 6.45) is 4.81. The molecule has 0 aliphatic heterocycles. The quantitative estimate of drug-likeness (QED) is 0.396. The van der Waals surface area contributed by atoms with Gasteiger partial charge in [0, 0.05) is 0 Å². The minimum absolute atomic E-state index is 0.109. The summed E-state index contributed by atoms with van der Waals surface area (Å²) in [5.74, 6) is 0.653. The van der Waals surface area contributed by atoms with Crippen LogP contribution < -0.4 is 10.9 Å². The number of allylic oxidation sites excluding steroid dienone is 4. The molecule has 0 unspecified atom stereocenters. The molecule has 0 radical (unpaired) electrons. The van der Waals surface area contributed by atoms with Gasteiger partial charge in [0.1, 0.15) is 0 Å². The largest absolute Gasteiger partial charge is 0.498 e. The Morgan fingerprint density at radius 3 is 2.38 bits per heavy atom. The van der Waals surface area contributed by atoms with Crippen LogP contribution in [0, 0.1) is 0 Å². The molecule has 0 saturated heterocycles. The van der Waals surface area contributed by atoms with Gasteiger partial charge in [-0.25, -0.2) is 13.6 Å². The van der Waals surface area contributed by atoms with Crippen molar-refractivity contribution >= 4 is 10.0 Å². The Morgan fingerprint density at radius 1 is 1.25 bits per heavy atom. The Bertz CT molecular complexity index is 358. The van der Waals surface area contributed by atoms with Crippen LogP contribution in [0.2, 0.25) is 0 Å². The first-order valence-corrected chi connectivity index (χ1v) is 6.63. The van der Waals surface area contributed by atoms with Crippen molar-refractivity contribution in [2.24, 2.45) is 10.9 Å². The minimum Gasteiger partial charge on any atom is -0.498 e. The van der Waals surface area contributed by atoms with Crippen molar-refractivity contribution < 1.29 is 13.2 Å². The summed E-state index contributed by atoms with van der Waals surface area (Å²) < 4.78 is 27.1. The second-order valence-electron chi connectivity index (χ2n) is 3.44. The zero-order valence-corrected chi connectivity index (χ0v) is 10.6. The molecule has 0 bridgehead atoms. The highest BCUT2D eigenvalue weighted by Gasteiger charge is 2.03. The topological polar surface area (TPSA) is 95.4 Å². The number of rotatable bonds is 7. The zero-order valence-electron chi connectivity index (χ0n) is 9.77. The molecule has 6 heteroatoms. The zero-order chi connectivity index (χ0) is 12.6. The highest BCUT2D eigenvalue weighted by atomic mass is 32.2. The van der Waals surface area contributed by atoms with E-state index in [0.717, 1.165) is 12.8 Å². The Balaban J connectivity index is 4.14. The molecule has 0 aliphatic rings. The molecule has 0 saturated carbocycles. The van der Waals surface area contributed by atoms with E-state index in [9.17, 15) is 8.42 Å². The molecule has 0 amide bonds. The molecule has 0 aromatic rings. The predicted molar refractivity (Wildman–Crippen MR) is 64.9 cm³/mol. The first kappa shape index (κ1) is 15.2. The molecule has 0 rings (SSSR count). The van der Waals surface area contributed by atoms with E-state index in [1.165, 1.54) is 13.0 Å². The van der Waals surface area contributed by atoms with Gasteiger partial charge in [-0.15, -0.1) is 0 Å². The Kier molecular flexibility index (Phi) is 7.03. The van der Waals surface area contributed by atoms with Crippen LogP contribution in [-0.4, -0.2) is 21.6 Å². The van der Waals surface area contributed by atoms with Gasteiger partial charge in [0.2, 0.25) is 10.0 Å². The molecule has 5 nitrogen and oxygen atoms in total. The van der Waals surface area contributed by atoms with Gasteiger partial charge in [-0.2, -0.15) is 0 Å². The minimum atomic E-state index is -3.58. The molecule has 0 aromatic heterocycles. The number of hydrogen-bond donors (Lipinski definition) is 2. The van der Waals surface area contributed by atoms with Crippen LogP contribution in [0.1, 0.15) is 26.7 Å². The summed E-state index contributed by atoms with van der Waals surface area (Å²) in [5.41, 5.74) is 5.33. The fourth-order valence-corrected chi connectivity index (χ4v) is 1.11. The second kappa shape index (κ2) is 7.43. The fourth-order valence-electron chi connectivity index (χ4n) is 0.857. The Morgan fingerprint density at radius 2 is 1.88 bits per heavy atom. The van der Waals surface area contributed by atoms with Crippen LogP contribution in [0.5, 0.6) is 0 Å². The van der Waals surface area contributed by atoms with Crippen LogP contribution in [0.15, 0.2) is 22.8 Å². The van der Waals surface area contributed by atoms with Gasteiger partial charge in [0.05, 0.1) is 17.3 Å². The number of ether oxygens (including phenoxy) is 1. The first-order valence-electron chi connectivity index (χ1n) is 5.08. The summed E-state index contributed by atoms with van der Waals surface area (Å²) in [5, 5.41) is 4.92. The van der Waals surface area contributed by atoms with Gasteiger partial charge in [0.25, 0.3) is 0 Å². The van der Waals surface area contributed by atoms with E-state index in [0.29, 0.717) is 18.9 Å². The molecule has 94 valence electrons. The van der Waals surface area contributed by atoms with Crippen molar-refractivity contribution in [1.82, 2.24) is 0 Å². The third-order valence-corrected chi connectivity index (χ3v) is 2.96. The maximum Gasteiger partial charge on any atom is 0.233 e. The number of primary sulfonamides is 1. The predicted octanol–water partition coefficient (Wildman–Crippen LogP) is 0.838. The lowest BCUT2D eigenvalue weighted by Gasteiger charge is -2.04. The van der Waals surface area contributed by atoms with Gasteiger partial charge >= 0.3 is 0 Å². The fraction of sp³-hybridized carbons (Fsp3) is 0.600. The number of nitrogens with two attached hydrogens (primary N) is 2. The normalized spacial score (nSPS) is 14.0. The lowest BCUT2D eigenvalue weighted by molar-refractivity contribution is 0.208. The number of sulfonamides is 1. The molecular weight excluding hydrogens is 228 g/mol. The van der Waals surface area contributed by atoms with Crippen molar-refractivity contribution in [2.45, 2.75) is 26.7 Å². The van der Waals surface area contributed by atoms with Crippen LogP contribution in [-0.2, 0) is 14.8 Å². The van der Waals surface area contributed by atoms with Gasteiger partial charge in [-0.1, -0.05) is 0 Å². The van der Waals surface area contributed by atoms with Crippen LogP contribution in [0.4, 0.5) is 0 Å². The van der Waals surface area contributed by atoms with Crippen molar-refractivity contribution in [3.63, 3.8) is 0 Å². The summed E-state index contributed by atoms with van der Waals surface area (Å²) in [6, 6.07) is 0. The molecule has 4 N–H and O–H groups in total. The van der Waals surface area contributed by atoms with Gasteiger partial charge in [-0.05, 0) is 45.4 Å². The lowest BCUT2D eigenvalue weighted by Crippen LogP contribution is -2.12. The molecule has 16 heavy (non-hydrogen) atoms. The molecule has 0 heterocycles. The lowest BCUT2D eigenvalue weighted by atomic mass is 10.3. The molecule has 0 aromatic carbocycles. The highest BCUT2D eigenvalue weighted by Crippen LogP contribution is 2.03. The summed E-state index contributed by atoms with van der Waals surface area (Å²) in [7, 11) is -3.58. The van der Waals surface area contributed by atoms with Crippen molar-refractivity contribution in [3.05, 3.63) is 22.8 Å². The van der Waals surface area contributed by atoms with Crippen LogP contribution in [0.25, 0.3) is 0 Å². The summed E-state index contributed by atoms with van der Waals surface area (Å²) in [6.45, 7) is 4.43.